The largest absolute Gasteiger partial charge is 0.355 e. The molecule has 0 radical (unpaired) electrons. The minimum absolute atomic E-state index is 0.0424. The fraction of sp³-hybridized carbons (Fsp3) is 0. The highest BCUT2D eigenvalue weighted by Crippen LogP contribution is 2.29. The Morgan fingerprint density at radius 1 is 0.488 bits per heavy atom. The molecule has 7 rings (SSSR count). The Bertz CT molecular complexity index is 2350. The van der Waals surface area contributed by atoms with E-state index in [9.17, 15) is 25.0 Å². The van der Waals surface area contributed by atoms with Crippen LogP contribution >= 0.6 is 0 Å². The number of nitro benzene ring substituents is 2. The lowest BCUT2D eigenvalue weighted by atomic mass is 10.1. The number of aromatic nitrogens is 1. The van der Waals surface area contributed by atoms with Crippen LogP contribution < -0.4 is 16.1 Å². The van der Waals surface area contributed by atoms with Crippen molar-refractivity contribution in [1.82, 2.24) is 4.98 Å². The van der Waals surface area contributed by atoms with Crippen LogP contribution in [-0.4, -0.2) is 14.8 Å². The van der Waals surface area contributed by atoms with Crippen molar-refractivity contribution in [1.29, 1.82) is 0 Å². The Balaban J connectivity index is 1.16. The van der Waals surface area contributed by atoms with Gasteiger partial charge in [-0.15, -0.1) is 0 Å². The number of aromatic amines is 1. The molecule has 0 aliphatic rings. The smallest absolute Gasteiger partial charge is 0.270 e. The quantitative estimate of drug-likeness (QED) is 0.104. The molecular weight excluding hydrogens is 546 g/mol. The standard InChI is InChI=1S/C33H21N5O5/c39-33-29-11-7-26(35-24-6-2-22-16-28(38(42)43)10-4-20(22)14-24)18-32(29)36-31-12-8-25(17-30(31)33)34-23-5-1-21-15-27(37(40)41)9-3-19(21)13-23/h1-18,34-35H,(H,36,39). The minimum Gasteiger partial charge on any atom is -0.355 e. The van der Waals surface area contributed by atoms with E-state index in [1.165, 1.54) is 18.2 Å². The van der Waals surface area contributed by atoms with Crippen LogP contribution in [0.2, 0.25) is 0 Å². The molecule has 0 aliphatic carbocycles. The molecule has 1 heterocycles. The zero-order chi connectivity index (χ0) is 29.7. The molecule has 43 heavy (non-hydrogen) atoms. The van der Waals surface area contributed by atoms with Gasteiger partial charge in [-0.25, -0.2) is 0 Å². The Kier molecular flexibility index (Phi) is 5.95. The molecule has 7 aromatic rings. The van der Waals surface area contributed by atoms with Crippen molar-refractivity contribution >= 4 is 77.5 Å². The van der Waals surface area contributed by atoms with E-state index in [4.69, 9.17) is 0 Å². The molecule has 0 amide bonds. The van der Waals surface area contributed by atoms with Crippen LogP contribution in [0.1, 0.15) is 0 Å². The summed E-state index contributed by atoms with van der Waals surface area (Å²) in [4.78, 5) is 38.2. The number of hydrogen-bond donors (Lipinski definition) is 3. The monoisotopic (exact) mass is 567 g/mol. The molecule has 1 aromatic heterocycles. The lowest BCUT2D eigenvalue weighted by molar-refractivity contribution is -0.384. The molecule has 0 bridgehead atoms. The van der Waals surface area contributed by atoms with Crippen LogP contribution in [0.4, 0.5) is 34.1 Å². The number of hydrogen-bond acceptors (Lipinski definition) is 7. The summed E-state index contributed by atoms with van der Waals surface area (Å²) in [5.41, 5.74) is 4.49. The summed E-state index contributed by atoms with van der Waals surface area (Å²) < 4.78 is 0. The van der Waals surface area contributed by atoms with Crippen molar-refractivity contribution in [3.8, 4) is 0 Å². The number of nitrogens with one attached hydrogen (secondary N) is 3. The van der Waals surface area contributed by atoms with E-state index in [0.29, 0.717) is 21.8 Å². The summed E-state index contributed by atoms with van der Waals surface area (Å²) in [7, 11) is 0. The molecule has 0 aliphatic heterocycles. The van der Waals surface area contributed by atoms with Gasteiger partial charge in [0, 0.05) is 63.3 Å². The molecule has 0 atom stereocenters. The first kappa shape index (κ1) is 25.7. The summed E-state index contributed by atoms with van der Waals surface area (Å²) in [6.07, 6.45) is 0. The maximum atomic E-state index is 13.5. The third-order valence-electron chi connectivity index (χ3n) is 7.44. The van der Waals surface area contributed by atoms with E-state index in [1.807, 2.05) is 60.7 Å². The van der Waals surface area contributed by atoms with Crippen molar-refractivity contribution in [3.05, 3.63) is 140 Å². The number of pyridine rings is 1. The first-order chi connectivity index (χ1) is 20.8. The molecule has 0 saturated carbocycles. The number of nitrogens with zero attached hydrogens (tertiary/aromatic N) is 2. The van der Waals surface area contributed by atoms with Gasteiger partial charge >= 0.3 is 0 Å². The van der Waals surface area contributed by atoms with E-state index in [2.05, 4.69) is 15.6 Å². The highest BCUT2D eigenvalue weighted by molar-refractivity contribution is 5.96. The van der Waals surface area contributed by atoms with Gasteiger partial charge in [0.15, 0.2) is 5.43 Å². The van der Waals surface area contributed by atoms with Gasteiger partial charge in [0.2, 0.25) is 0 Å². The molecule has 0 unspecified atom stereocenters. The first-order valence-corrected chi connectivity index (χ1v) is 13.3. The predicted octanol–water partition coefficient (Wildman–Crippen LogP) is 8.29. The lowest BCUT2D eigenvalue weighted by Crippen LogP contribution is -2.05. The van der Waals surface area contributed by atoms with Gasteiger partial charge in [-0.2, -0.15) is 0 Å². The first-order valence-electron chi connectivity index (χ1n) is 13.3. The van der Waals surface area contributed by atoms with Crippen LogP contribution in [-0.2, 0) is 0 Å². The molecule has 0 fully saturated rings. The van der Waals surface area contributed by atoms with Gasteiger partial charge in [0.1, 0.15) is 0 Å². The van der Waals surface area contributed by atoms with Crippen LogP contribution in [0.15, 0.2) is 114 Å². The summed E-state index contributed by atoms with van der Waals surface area (Å²) in [6, 6.07) is 31.7. The normalized spacial score (nSPS) is 11.3. The summed E-state index contributed by atoms with van der Waals surface area (Å²) >= 11 is 0. The van der Waals surface area contributed by atoms with E-state index < -0.39 is 9.85 Å². The van der Waals surface area contributed by atoms with Crippen LogP contribution in [0, 0.1) is 20.2 Å². The maximum absolute atomic E-state index is 13.5. The van der Waals surface area contributed by atoms with Crippen molar-refractivity contribution < 1.29 is 9.85 Å². The van der Waals surface area contributed by atoms with Crippen molar-refractivity contribution in [2.75, 3.05) is 10.6 Å². The fourth-order valence-electron chi connectivity index (χ4n) is 5.31. The second-order valence-corrected chi connectivity index (χ2v) is 10.2. The number of anilines is 4. The van der Waals surface area contributed by atoms with Gasteiger partial charge < -0.3 is 15.6 Å². The van der Waals surface area contributed by atoms with Gasteiger partial charge in [-0.3, -0.25) is 25.0 Å². The molecule has 3 N–H and O–H groups in total. The number of nitro groups is 2. The van der Waals surface area contributed by atoms with Crippen molar-refractivity contribution in [2.24, 2.45) is 0 Å². The molecule has 10 heteroatoms. The van der Waals surface area contributed by atoms with E-state index in [-0.39, 0.29) is 16.8 Å². The summed E-state index contributed by atoms with van der Waals surface area (Å²) in [5, 5.41) is 33.2. The van der Waals surface area contributed by atoms with Crippen LogP contribution in [0.3, 0.4) is 0 Å². The van der Waals surface area contributed by atoms with Crippen molar-refractivity contribution in [2.45, 2.75) is 0 Å². The van der Waals surface area contributed by atoms with Crippen LogP contribution in [0.25, 0.3) is 43.4 Å². The zero-order valence-corrected chi connectivity index (χ0v) is 22.3. The average Bonchev–Trinajstić information content (AvgIpc) is 3.00. The van der Waals surface area contributed by atoms with E-state index >= 15 is 0 Å². The number of benzene rings is 6. The number of H-pyrrole nitrogens is 1. The Morgan fingerprint density at radius 2 is 0.953 bits per heavy atom. The number of fused-ring (bicyclic) bond motifs is 4. The molecule has 208 valence electrons. The van der Waals surface area contributed by atoms with Gasteiger partial charge in [-0.05, 0) is 94.3 Å². The van der Waals surface area contributed by atoms with Crippen LogP contribution in [0.5, 0.6) is 0 Å². The fourth-order valence-corrected chi connectivity index (χ4v) is 5.31. The molecular formula is C33H21N5O5. The Labute approximate surface area is 242 Å². The van der Waals surface area contributed by atoms with E-state index in [1.54, 1.807) is 30.3 Å². The predicted molar refractivity (Wildman–Crippen MR) is 170 cm³/mol. The maximum Gasteiger partial charge on any atom is 0.270 e. The summed E-state index contributed by atoms with van der Waals surface area (Å²) in [6.45, 7) is 0. The van der Waals surface area contributed by atoms with E-state index in [0.717, 1.165) is 44.3 Å². The lowest BCUT2D eigenvalue weighted by Gasteiger charge is -2.11. The topological polar surface area (TPSA) is 143 Å². The average molecular weight is 568 g/mol. The third kappa shape index (κ3) is 4.82. The molecule has 0 saturated heterocycles. The zero-order valence-electron chi connectivity index (χ0n) is 22.3. The Hall–Kier alpha value is -6.29. The highest BCUT2D eigenvalue weighted by Gasteiger charge is 2.11. The Morgan fingerprint density at radius 3 is 1.53 bits per heavy atom. The van der Waals surface area contributed by atoms with Gasteiger partial charge in [0.25, 0.3) is 11.4 Å². The summed E-state index contributed by atoms with van der Waals surface area (Å²) in [5.74, 6) is 0. The second kappa shape index (κ2) is 9.96. The third-order valence-corrected chi connectivity index (χ3v) is 7.44. The van der Waals surface area contributed by atoms with Gasteiger partial charge in [0.05, 0.1) is 15.4 Å². The second-order valence-electron chi connectivity index (χ2n) is 10.2. The molecule has 6 aromatic carbocycles. The van der Waals surface area contributed by atoms with Gasteiger partial charge in [-0.1, -0.05) is 12.1 Å². The van der Waals surface area contributed by atoms with Crippen molar-refractivity contribution in [3.63, 3.8) is 0 Å². The number of rotatable bonds is 6. The number of non-ortho nitro benzene ring substituents is 2. The highest BCUT2D eigenvalue weighted by atomic mass is 16.6. The SMILES string of the molecule is O=c1c2ccc(Nc3ccc4cc([N+](=O)[O-])ccc4c3)cc2[nH]c2ccc(Nc3ccc4cc([N+](=O)[O-])ccc4c3)cc12. The minimum atomic E-state index is -0.414. The molecule has 0 spiro atoms. The molecule has 10 nitrogen and oxygen atoms in total.